The molecule has 35 heavy (non-hydrogen) atoms. The number of carbonyl (C=O) groups is 1. The molecule has 0 spiro atoms. The maximum absolute atomic E-state index is 11.6. The standard InChI is InChI=1S/C26H19N7O2/c1-35-26(34)29-18-10-17(13-28-14-18)15-7-8-21-20(11-15)24(33-32-21)25-30-22-6-2-5-19(23(22)31-25)16-4-3-9-27-12-16/h2-14H,1H3,(H,29,34)(H,30,31)(H,32,33). The summed E-state index contributed by atoms with van der Waals surface area (Å²) in [5.41, 5.74) is 7.68. The number of anilines is 1. The van der Waals surface area contributed by atoms with Crippen molar-refractivity contribution in [2.45, 2.75) is 0 Å². The summed E-state index contributed by atoms with van der Waals surface area (Å²) in [6.45, 7) is 0. The lowest BCUT2D eigenvalue weighted by atomic mass is 10.0. The lowest BCUT2D eigenvalue weighted by Gasteiger charge is -2.06. The molecule has 0 atom stereocenters. The number of imidazole rings is 1. The molecule has 9 heteroatoms. The highest BCUT2D eigenvalue weighted by atomic mass is 16.5. The molecule has 2 aromatic carbocycles. The summed E-state index contributed by atoms with van der Waals surface area (Å²) in [7, 11) is 1.32. The SMILES string of the molecule is COC(=O)Nc1cncc(-c2ccc3[nH]nc(-c4nc5c(-c6cccnc6)cccc5[nH]4)c3c2)c1. The molecule has 0 fully saturated rings. The first-order chi connectivity index (χ1) is 17.2. The van der Waals surface area contributed by atoms with Crippen LogP contribution in [0.1, 0.15) is 0 Å². The molecule has 6 rings (SSSR count). The first-order valence-corrected chi connectivity index (χ1v) is 10.9. The number of amides is 1. The van der Waals surface area contributed by atoms with Crippen molar-refractivity contribution in [2.75, 3.05) is 12.4 Å². The summed E-state index contributed by atoms with van der Waals surface area (Å²) >= 11 is 0. The van der Waals surface area contributed by atoms with Crippen molar-refractivity contribution in [2.24, 2.45) is 0 Å². The van der Waals surface area contributed by atoms with Crippen molar-refractivity contribution >= 4 is 33.7 Å². The fraction of sp³-hybridized carbons (Fsp3) is 0.0385. The molecule has 0 radical (unpaired) electrons. The Morgan fingerprint density at radius 3 is 2.69 bits per heavy atom. The number of nitrogens with one attached hydrogen (secondary N) is 3. The van der Waals surface area contributed by atoms with Crippen LogP contribution in [0.3, 0.4) is 0 Å². The molecule has 1 amide bonds. The number of aromatic amines is 2. The number of aromatic nitrogens is 6. The zero-order valence-electron chi connectivity index (χ0n) is 18.6. The van der Waals surface area contributed by atoms with E-state index < -0.39 is 6.09 Å². The Bertz CT molecular complexity index is 1690. The average molecular weight is 461 g/mol. The smallest absolute Gasteiger partial charge is 0.411 e. The fourth-order valence-corrected chi connectivity index (χ4v) is 4.11. The van der Waals surface area contributed by atoms with Gasteiger partial charge in [0.25, 0.3) is 0 Å². The van der Waals surface area contributed by atoms with Crippen LogP contribution in [0.2, 0.25) is 0 Å². The maximum atomic E-state index is 11.6. The highest BCUT2D eigenvalue weighted by Crippen LogP contribution is 2.33. The number of benzene rings is 2. The number of hydrogen-bond donors (Lipinski definition) is 3. The van der Waals surface area contributed by atoms with Gasteiger partial charge in [-0.25, -0.2) is 9.78 Å². The van der Waals surface area contributed by atoms with Gasteiger partial charge in [-0.15, -0.1) is 0 Å². The summed E-state index contributed by atoms with van der Waals surface area (Å²) in [5, 5.41) is 11.2. The van der Waals surface area contributed by atoms with Crippen molar-refractivity contribution < 1.29 is 9.53 Å². The van der Waals surface area contributed by atoms with E-state index in [9.17, 15) is 4.79 Å². The Morgan fingerprint density at radius 2 is 1.83 bits per heavy atom. The van der Waals surface area contributed by atoms with Crippen LogP contribution in [0.5, 0.6) is 0 Å². The Balaban J connectivity index is 1.43. The van der Waals surface area contributed by atoms with Gasteiger partial charge in [0, 0.05) is 40.7 Å². The number of methoxy groups -OCH3 is 1. The van der Waals surface area contributed by atoms with Crippen LogP contribution in [0.25, 0.3) is 55.7 Å². The van der Waals surface area contributed by atoms with Crippen LogP contribution >= 0.6 is 0 Å². The van der Waals surface area contributed by atoms with Gasteiger partial charge in [-0.05, 0) is 35.9 Å². The molecule has 0 aliphatic rings. The number of H-pyrrole nitrogens is 2. The molecule has 0 aliphatic carbocycles. The van der Waals surface area contributed by atoms with E-state index in [1.165, 1.54) is 7.11 Å². The first kappa shape index (κ1) is 20.5. The Kier molecular flexibility index (Phi) is 4.92. The number of hydrogen-bond acceptors (Lipinski definition) is 6. The van der Waals surface area contributed by atoms with E-state index in [4.69, 9.17) is 4.98 Å². The molecule has 3 N–H and O–H groups in total. The van der Waals surface area contributed by atoms with E-state index in [1.54, 1.807) is 18.6 Å². The van der Waals surface area contributed by atoms with Crippen LogP contribution < -0.4 is 5.32 Å². The van der Waals surface area contributed by atoms with E-state index in [0.717, 1.165) is 44.2 Å². The number of rotatable bonds is 4. The summed E-state index contributed by atoms with van der Waals surface area (Å²) < 4.78 is 4.67. The number of para-hydroxylation sites is 1. The van der Waals surface area contributed by atoms with Gasteiger partial charge in [-0.2, -0.15) is 5.10 Å². The van der Waals surface area contributed by atoms with Crippen molar-refractivity contribution in [1.82, 2.24) is 30.1 Å². The van der Waals surface area contributed by atoms with Gasteiger partial charge in [0.1, 0.15) is 5.69 Å². The Morgan fingerprint density at radius 1 is 0.914 bits per heavy atom. The van der Waals surface area contributed by atoms with E-state index in [-0.39, 0.29) is 0 Å². The monoisotopic (exact) mass is 461 g/mol. The summed E-state index contributed by atoms with van der Waals surface area (Å²) in [5.74, 6) is 0.666. The second kappa shape index (κ2) is 8.38. The van der Waals surface area contributed by atoms with Crippen molar-refractivity contribution in [3.05, 3.63) is 79.4 Å². The number of carbonyl (C=O) groups excluding carboxylic acids is 1. The third kappa shape index (κ3) is 3.74. The predicted octanol–water partition coefficient (Wildman–Crippen LogP) is 5.41. The zero-order valence-corrected chi connectivity index (χ0v) is 18.6. The molecule has 0 saturated heterocycles. The van der Waals surface area contributed by atoms with Crippen molar-refractivity contribution in [3.8, 4) is 33.8 Å². The van der Waals surface area contributed by atoms with Gasteiger partial charge >= 0.3 is 6.09 Å². The van der Waals surface area contributed by atoms with Crippen LogP contribution in [0, 0.1) is 0 Å². The lowest BCUT2D eigenvalue weighted by molar-refractivity contribution is 0.187. The van der Waals surface area contributed by atoms with E-state index in [0.29, 0.717) is 17.2 Å². The number of nitrogens with zero attached hydrogens (tertiary/aromatic N) is 4. The zero-order chi connectivity index (χ0) is 23.8. The molecule has 4 heterocycles. The minimum Gasteiger partial charge on any atom is -0.453 e. The average Bonchev–Trinajstić information content (AvgIpc) is 3.53. The number of fused-ring (bicyclic) bond motifs is 2. The highest BCUT2D eigenvalue weighted by Gasteiger charge is 2.16. The van der Waals surface area contributed by atoms with Crippen LogP contribution in [0.15, 0.2) is 79.4 Å². The normalized spacial score (nSPS) is 11.1. The van der Waals surface area contributed by atoms with Crippen LogP contribution in [-0.4, -0.2) is 43.3 Å². The molecule has 0 aliphatic heterocycles. The molecular weight excluding hydrogens is 442 g/mol. The number of ether oxygens (including phenoxy) is 1. The molecular formula is C26H19N7O2. The lowest BCUT2D eigenvalue weighted by Crippen LogP contribution is -2.11. The summed E-state index contributed by atoms with van der Waals surface area (Å²) in [4.78, 5) is 28.4. The predicted molar refractivity (Wildman–Crippen MR) is 134 cm³/mol. The van der Waals surface area contributed by atoms with Crippen molar-refractivity contribution in [3.63, 3.8) is 0 Å². The highest BCUT2D eigenvalue weighted by molar-refractivity contribution is 5.98. The molecule has 0 bridgehead atoms. The van der Waals surface area contributed by atoms with Gasteiger partial charge in [0.05, 0.1) is 35.5 Å². The van der Waals surface area contributed by atoms with E-state index >= 15 is 0 Å². The first-order valence-electron chi connectivity index (χ1n) is 10.9. The summed E-state index contributed by atoms with van der Waals surface area (Å²) in [6, 6.07) is 17.8. The van der Waals surface area contributed by atoms with Gasteiger partial charge in [-0.3, -0.25) is 20.4 Å². The Labute approximate surface area is 199 Å². The minimum absolute atomic E-state index is 0.544. The molecule has 4 aromatic heterocycles. The number of pyridine rings is 2. The summed E-state index contributed by atoms with van der Waals surface area (Å²) in [6.07, 6.45) is 6.34. The van der Waals surface area contributed by atoms with Crippen LogP contribution in [0.4, 0.5) is 10.5 Å². The van der Waals surface area contributed by atoms with Gasteiger partial charge in [-0.1, -0.05) is 24.3 Å². The molecule has 6 aromatic rings. The quantitative estimate of drug-likeness (QED) is 0.323. The molecule has 0 saturated carbocycles. The molecule has 0 unspecified atom stereocenters. The topological polar surface area (TPSA) is 121 Å². The van der Waals surface area contributed by atoms with Crippen LogP contribution in [-0.2, 0) is 4.74 Å². The van der Waals surface area contributed by atoms with Gasteiger partial charge in [0.2, 0.25) is 0 Å². The maximum Gasteiger partial charge on any atom is 0.411 e. The van der Waals surface area contributed by atoms with Gasteiger partial charge in [0.15, 0.2) is 5.82 Å². The van der Waals surface area contributed by atoms with Gasteiger partial charge < -0.3 is 9.72 Å². The molecule has 170 valence electrons. The van der Waals surface area contributed by atoms with E-state index in [1.807, 2.05) is 60.8 Å². The Hall–Kier alpha value is -5.05. The molecule has 9 nitrogen and oxygen atoms in total. The third-order valence-electron chi connectivity index (χ3n) is 5.78. The van der Waals surface area contributed by atoms with Crippen molar-refractivity contribution in [1.29, 1.82) is 0 Å². The second-order valence-electron chi connectivity index (χ2n) is 7.94. The van der Waals surface area contributed by atoms with E-state index in [2.05, 4.69) is 35.2 Å². The second-order valence-corrected chi connectivity index (χ2v) is 7.94. The minimum atomic E-state index is -0.549. The fourth-order valence-electron chi connectivity index (χ4n) is 4.11. The third-order valence-corrected chi connectivity index (χ3v) is 5.78. The largest absolute Gasteiger partial charge is 0.453 e.